The Balaban J connectivity index is 2.91. The van der Waals surface area contributed by atoms with Gasteiger partial charge in [-0.25, -0.2) is 0 Å². The maximum absolute atomic E-state index is 12.7. The lowest BCUT2D eigenvalue weighted by Crippen LogP contribution is -2.45. The Bertz CT molecular complexity index is 315. The zero-order chi connectivity index (χ0) is 15.6. The van der Waals surface area contributed by atoms with Crippen molar-refractivity contribution >= 4 is 5.91 Å². The van der Waals surface area contributed by atoms with Gasteiger partial charge in [-0.1, -0.05) is 55.4 Å². The lowest BCUT2D eigenvalue weighted by molar-refractivity contribution is -0.132. The van der Waals surface area contributed by atoms with Crippen LogP contribution in [0.1, 0.15) is 55.4 Å². The third kappa shape index (κ3) is 3.75. The molecule has 0 saturated carbocycles. The molecule has 2 atom stereocenters. The van der Waals surface area contributed by atoms with E-state index in [1.54, 1.807) is 0 Å². The molecule has 0 aromatic rings. The molecule has 0 aromatic heterocycles. The summed E-state index contributed by atoms with van der Waals surface area (Å²) in [6.45, 7) is 18.6. The van der Waals surface area contributed by atoms with Gasteiger partial charge in [0, 0.05) is 6.54 Å². The normalized spacial score (nSPS) is 24.2. The average Bonchev–Trinajstić information content (AvgIpc) is 2.62. The number of hydrogen-bond acceptors (Lipinski definition) is 2. The highest BCUT2D eigenvalue weighted by atomic mass is 16.2. The van der Waals surface area contributed by atoms with Crippen LogP contribution in [0.25, 0.3) is 0 Å². The monoisotopic (exact) mass is 282 g/mol. The quantitative estimate of drug-likeness (QED) is 0.810. The van der Waals surface area contributed by atoms with Crippen LogP contribution in [0.2, 0.25) is 0 Å². The topological polar surface area (TPSA) is 32.3 Å². The predicted molar refractivity (Wildman–Crippen MR) is 85.3 cm³/mol. The number of hydrogen-bond donors (Lipinski definition) is 1. The van der Waals surface area contributed by atoms with Crippen LogP contribution in [0, 0.1) is 29.6 Å². The van der Waals surface area contributed by atoms with Gasteiger partial charge in [-0.2, -0.15) is 0 Å². The van der Waals surface area contributed by atoms with Crippen molar-refractivity contribution < 1.29 is 4.79 Å². The first-order valence-corrected chi connectivity index (χ1v) is 8.23. The molecular weight excluding hydrogens is 248 g/mol. The van der Waals surface area contributed by atoms with Crippen molar-refractivity contribution in [2.45, 2.75) is 67.6 Å². The Labute approximate surface area is 125 Å². The van der Waals surface area contributed by atoms with E-state index in [1.165, 1.54) is 0 Å². The van der Waals surface area contributed by atoms with Gasteiger partial charge in [0.05, 0.1) is 12.2 Å². The van der Waals surface area contributed by atoms with Gasteiger partial charge in [0.1, 0.15) is 0 Å². The van der Waals surface area contributed by atoms with E-state index >= 15 is 0 Å². The van der Waals surface area contributed by atoms with Crippen LogP contribution in [-0.4, -0.2) is 29.6 Å². The highest BCUT2D eigenvalue weighted by molar-refractivity contribution is 5.84. The maximum Gasteiger partial charge on any atom is 0.241 e. The molecule has 118 valence electrons. The summed E-state index contributed by atoms with van der Waals surface area (Å²) in [6, 6.07) is -0.0117. The molecule has 20 heavy (non-hydrogen) atoms. The summed E-state index contributed by atoms with van der Waals surface area (Å²) < 4.78 is 0. The molecule has 1 aliphatic heterocycles. The van der Waals surface area contributed by atoms with Crippen LogP contribution < -0.4 is 5.32 Å². The first-order chi connectivity index (χ1) is 9.16. The number of nitrogens with one attached hydrogen (secondary N) is 1. The molecule has 0 aliphatic carbocycles. The van der Waals surface area contributed by atoms with Crippen molar-refractivity contribution in [1.82, 2.24) is 10.2 Å². The van der Waals surface area contributed by atoms with Gasteiger partial charge in [0.25, 0.3) is 0 Å². The van der Waals surface area contributed by atoms with Gasteiger partial charge in [-0.3, -0.25) is 10.1 Å². The third-order valence-corrected chi connectivity index (χ3v) is 4.65. The van der Waals surface area contributed by atoms with Crippen molar-refractivity contribution in [2.75, 3.05) is 6.54 Å². The van der Waals surface area contributed by atoms with Crippen molar-refractivity contribution in [3.05, 3.63) is 0 Å². The summed E-state index contributed by atoms with van der Waals surface area (Å²) >= 11 is 0. The molecule has 0 bridgehead atoms. The second-order valence-corrected chi connectivity index (χ2v) is 7.72. The molecular formula is C17H34N2O. The number of amides is 1. The molecule has 1 saturated heterocycles. The Morgan fingerprint density at radius 1 is 0.950 bits per heavy atom. The molecule has 0 aromatic carbocycles. The molecule has 1 amide bonds. The van der Waals surface area contributed by atoms with Crippen LogP contribution in [0.15, 0.2) is 0 Å². The van der Waals surface area contributed by atoms with Gasteiger partial charge in [-0.15, -0.1) is 0 Å². The average molecular weight is 282 g/mol. The Morgan fingerprint density at radius 3 is 1.80 bits per heavy atom. The molecule has 1 heterocycles. The zero-order valence-electron chi connectivity index (χ0n) is 14.6. The van der Waals surface area contributed by atoms with E-state index in [2.05, 4.69) is 65.6 Å². The van der Waals surface area contributed by atoms with E-state index in [0.29, 0.717) is 35.5 Å². The molecule has 1 N–H and O–H groups in total. The van der Waals surface area contributed by atoms with Gasteiger partial charge in [0.2, 0.25) is 5.91 Å². The van der Waals surface area contributed by atoms with E-state index in [0.717, 1.165) is 6.54 Å². The van der Waals surface area contributed by atoms with Crippen LogP contribution in [0.5, 0.6) is 0 Å². The Hall–Kier alpha value is -0.570. The molecule has 2 unspecified atom stereocenters. The van der Waals surface area contributed by atoms with Crippen LogP contribution in [0.3, 0.4) is 0 Å². The second kappa shape index (κ2) is 6.93. The fraction of sp³-hybridized carbons (Fsp3) is 0.941. The largest absolute Gasteiger partial charge is 0.325 e. The maximum atomic E-state index is 12.7. The zero-order valence-corrected chi connectivity index (χ0v) is 14.6. The summed E-state index contributed by atoms with van der Waals surface area (Å²) in [7, 11) is 0. The minimum atomic E-state index is -0.0117. The van der Waals surface area contributed by atoms with E-state index in [1.807, 2.05) is 0 Å². The van der Waals surface area contributed by atoms with E-state index in [-0.39, 0.29) is 12.2 Å². The lowest BCUT2D eigenvalue weighted by Gasteiger charge is -2.34. The number of carbonyl (C=O) groups excluding carboxylic acids is 1. The third-order valence-electron chi connectivity index (χ3n) is 4.65. The molecule has 0 radical (unpaired) electrons. The fourth-order valence-corrected chi connectivity index (χ4v) is 3.31. The smallest absolute Gasteiger partial charge is 0.241 e. The fourth-order valence-electron chi connectivity index (χ4n) is 3.31. The van der Waals surface area contributed by atoms with Gasteiger partial charge in [-0.05, 0) is 29.6 Å². The SMILES string of the molecule is CC(C)C1NC(C(C)C)N(CC(C(C)C)C(C)C)C1=O. The predicted octanol–water partition coefficient (Wildman–Crippen LogP) is 3.35. The molecule has 1 rings (SSSR count). The van der Waals surface area contributed by atoms with E-state index < -0.39 is 0 Å². The summed E-state index contributed by atoms with van der Waals surface area (Å²) in [5, 5.41) is 3.55. The van der Waals surface area contributed by atoms with Crippen molar-refractivity contribution in [1.29, 1.82) is 0 Å². The number of rotatable bonds is 6. The van der Waals surface area contributed by atoms with Crippen LogP contribution in [0.4, 0.5) is 0 Å². The van der Waals surface area contributed by atoms with Gasteiger partial charge in [0.15, 0.2) is 0 Å². The summed E-state index contributed by atoms with van der Waals surface area (Å²) in [4.78, 5) is 14.8. The highest BCUT2D eigenvalue weighted by Crippen LogP contribution is 2.27. The minimum Gasteiger partial charge on any atom is -0.325 e. The summed E-state index contributed by atoms with van der Waals surface area (Å²) in [5.41, 5.74) is 0. The summed E-state index contributed by atoms with van der Waals surface area (Å²) in [6.07, 6.45) is 0.190. The standard InChI is InChI=1S/C17H34N2O/c1-10(2)14(11(3)4)9-19-16(13(7)8)18-15(12(5)6)17(19)20/h10-16,18H,9H2,1-8H3. The number of carbonyl (C=O) groups is 1. The number of nitrogens with zero attached hydrogens (tertiary/aromatic N) is 1. The van der Waals surface area contributed by atoms with Crippen LogP contribution in [-0.2, 0) is 4.79 Å². The Morgan fingerprint density at radius 2 is 1.45 bits per heavy atom. The first kappa shape index (κ1) is 17.5. The Kier molecular flexibility index (Phi) is 6.06. The first-order valence-electron chi connectivity index (χ1n) is 8.23. The lowest BCUT2D eigenvalue weighted by atomic mass is 9.85. The molecule has 3 nitrogen and oxygen atoms in total. The molecule has 1 fully saturated rings. The summed E-state index contributed by atoms with van der Waals surface area (Å²) in [5.74, 6) is 2.87. The highest BCUT2D eigenvalue weighted by Gasteiger charge is 2.42. The second-order valence-electron chi connectivity index (χ2n) is 7.72. The van der Waals surface area contributed by atoms with E-state index in [9.17, 15) is 4.79 Å². The molecule has 3 heteroatoms. The van der Waals surface area contributed by atoms with E-state index in [4.69, 9.17) is 0 Å². The van der Waals surface area contributed by atoms with Gasteiger partial charge < -0.3 is 4.90 Å². The van der Waals surface area contributed by atoms with Crippen molar-refractivity contribution in [3.8, 4) is 0 Å². The minimum absolute atomic E-state index is 0.0117. The van der Waals surface area contributed by atoms with Crippen molar-refractivity contribution in [3.63, 3.8) is 0 Å². The molecule has 1 aliphatic rings. The van der Waals surface area contributed by atoms with Crippen molar-refractivity contribution in [2.24, 2.45) is 29.6 Å². The van der Waals surface area contributed by atoms with Gasteiger partial charge >= 0.3 is 0 Å². The van der Waals surface area contributed by atoms with Crippen LogP contribution >= 0.6 is 0 Å². The molecule has 0 spiro atoms.